The molecule has 0 saturated carbocycles. The second-order valence-electron chi connectivity index (χ2n) is 2.16. The molecule has 0 saturated heterocycles. The van der Waals surface area contributed by atoms with E-state index in [1.165, 1.54) is 11.0 Å². The van der Waals surface area contributed by atoms with Gasteiger partial charge in [0.2, 0.25) is 0 Å². The first-order chi connectivity index (χ1) is 5.20. The molecule has 0 aliphatic rings. The summed E-state index contributed by atoms with van der Waals surface area (Å²) >= 11 is 0. The third-order valence-electron chi connectivity index (χ3n) is 1.22. The van der Waals surface area contributed by atoms with E-state index in [2.05, 4.69) is 10.4 Å². The fourth-order valence-corrected chi connectivity index (χ4v) is 0.614. The molecule has 5 nitrogen and oxygen atoms in total. The summed E-state index contributed by atoms with van der Waals surface area (Å²) in [4.78, 5) is 14.1. The lowest BCUT2D eigenvalue weighted by Crippen LogP contribution is -2.31. The van der Waals surface area contributed by atoms with E-state index in [4.69, 9.17) is 5.11 Å². The van der Waals surface area contributed by atoms with E-state index in [0.29, 0.717) is 0 Å². The van der Waals surface area contributed by atoms with Crippen LogP contribution in [0.3, 0.4) is 0 Å². The zero-order chi connectivity index (χ0) is 8.27. The van der Waals surface area contributed by atoms with Gasteiger partial charge in [0.1, 0.15) is 12.4 Å². The van der Waals surface area contributed by atoms with Crippen LogP contribution in [0.25, 0.3) is 0 Å². The van der Waals surface area contributed by atoms with Crippen molar-refractivity contribution in [2.75, 3.05) is 5.43 Å². The van der Waals surface area contributed by atoms with Crippen LogP contribution in [0.1, 0.15) is 6.92 Å². The lowest BCUT2D eigenvalue weighted by molar-refractivity contribution is -0.137. The van der Waals surface area contributed by atoms with Crippen LogP contribution < -0.4 is 5.43 Å². The number of aromatic nitrogens is 2. The quantitative estimate of drug-likeness (QED) is 0.639. The molecule has 2 N–H and O–H groups in total. The Balaban J connectivity index is 2.50. The predicted octanol–water partition coefficient (Wildman–Crippen LogP) is -0.100. The minimum Gasteiger partial charge on any atom is -0.480 e. The van der Waals surface area contributed by atoms with Gasteiger partial charge in [-0.15, -0.1) is 0 Å². The summed E-state index contributed by atoms with van der Waals surface area (Å²) in [6.45, 7) is 1.56. The average Bonchev–Trinajstić information content (AvgIpc) is 2.39. The van der Waals surface area contributed by atoms with Gasteiger partial charge in [0.15, 0.2) is 0 Å². The van der Waals surface area contributed by atoms with Crippen LogP contribution in [-0.4, -0.2) is 26.8 Å². The SMILES string of the molecule is CC(Nn1ccnc1)C(=O)O. The van der Waals surface area contributed by atoms with Crippen molar-refractivity contribution in [2.24, 2.45) is 0 Å². The van der Waals surface area contributed by atoms with Crippen molar-refractivity contribution in [3.8, 4) is 0 Å². The van der Waals surface area contributed by atoms with Gasteiger partial charge in [0.05, 0.1) is 0 Å². The molecule has 11 heavy (non-hydrogen) atoms. The zero-order valence-electron chi connectivity index (χ0n) is 6.06. The van der Waals surface area contributed by atoms with Crippen molar-refractivity contribution < 1.29 is 9.90 Å². The van der Waals surface area contributed by atoms with Crippen LogP contribution in [0, 0.1) is 0 Å². The van der Waals surface area contributed by atoms with Gasteiger partial charge in [0.25, 0.3) is 0 Å². The maximum atomic E-state index is 10.3. The summed E-state index contributed by atoms with van der Waals surface area (Å²) in [5, 5.41) is 8.48. The molecule has 1 atom stereocenters. The molecule has 0 radical (unpaired) electrons. The van der Waals surface area contributed by atoms with Crippen LogP contribution in [0.15, 0.2) is 18.7 Å². The highest BCUT2D eigenvalue weighted by Crippen LogP contribution is 1.86. The smallest absolute Gasteiger partial charge is 0.327 e. The molecule has 0 fully saturated rings. The third-order valence-corrected chi connectivity index (χ3v) is 1.22. The average molecular weight is 155 g/mol. The number of nitrogens with one attached hydrogen (secondary N) is 1. The van der Waals surface area contributed by atoms with E-state index in [9.17, 15) is 4.79 Å². The molecule has 1 aromatic rings. The van der Waals surface area contributed by atoms with E-state index in [1.54, 1.807) is 19.3 Å². The van der Waals surface area contributed by atoms with Crippen molar-refractivity contribution in [3.05, 3.63) is 18.7 Å². The van der Waals surface area contributed by atoms with E-state index in [-0.39, 0.29) is 0 Å². The predicted molar refractivity (Wildman–Crippen MR) is 38.7 cm³/mol. The third kappa shape index (κ3) is 1.96. The minimum atomic E-state index is -0.890. The van der Waals surface area contributed by atoms with Crippen LogP contribution in [0.2, 0.25) is 0 Å². The minimum absolute atomic E-state index is 0.607. The molecule has 60 valence electrons. The molecule has 1 aromatic heterocycles. The summed E-state index contributed by atoms with van der Waals surface area (Å²) in [7, 11) is 0. The normalized spacial score (nSPS) is 12.5. The molecule has 0 spiro atoms. The number of carboxylic acids is 1. The van der Waals surface area contributed by atoms with Crippen molar-refractivity contribution in [2.45, 2.75) is 13.0 Å². The van der Waals surface area contributed by atoms with Gasteiger partial charge in [-0.05, 0) is 6.92 Å². The topological polar surface area (TPSA) is 67.2 Å². The molecule has 1 heterocycles. The fourth-order valence-electron chi connectivity index (χ4n) is 0.614. The van der Waals surface area contributed by atoms with E-state index < -0.39 is 12.0 Å². The van der Waals surface area contributed by atoms with Crippen LogP contribution in [0.5, 0.6) is 0 Å². The van der Waals surface area contributed by atoms with Gasteiger partial charge in [-0.2, -0.15) is 0 Å². The van der Waals surface area contributed by atoms with Crippen molar-refractivity contribution in [3.63, 3.8) is 0 Å². The fraction of sp³-hybridized carbons (Fsp3) is 0.333. The van der Waals surface area contributed by atoms with E-state index in [0.717, 1.165) is 0 Å². The lowest BCUT2D eigenvalue weighted by atomic mass is 10.4. The molecule has 0 aliphatic heterocycles. The maximum Gasteiger partial charge on any atom is 0.327 e. The van der Waals surface area contributed by atoms with Gasteiger partial charge in [-0.3, -0.25) is 4.68 Å². The summed E-state index contributed by atoms with van der Waals surface area (Å²) in [5.74, 6) is -0.890. The molecule has 0 aromatic carbocycles. The largest absolute Gasteiger partial charge is 0.480 e. The number of carbonyl (C=O) groups is 1. The Hall–Kier alpha value is -1.52. The molecular formula is C6H9N3O2. The summed E-state index contributed by atoms with van der Waals surface area (Å²) < 4.78 is 1.50. The van der Waals surface area contributed by atoms with Gasteiger partial charge in [-0.25, -0.2) is 9.78 Å². The number of hydrogen-bond acceptors (Lipinski definition) is 3. The molecule has 0 amide bonds. The summed E-state index contributed by atoms with van der Waals surface area (Å²) in [6, 6.07) is -0.607. The molecular weight excluding hydrogens is 146 g/mol. The Morgan fingerprint density at radius 1 is 1.82 bits per heavy atom. The zero-order valence-corrected chi connectivity index (χ0v) is 6.06. The first-order valence-electron chi connectivity index (χ1n) is 3.17. The molecule has 1 unspecified atom stereocenters. The molecule has 0 bridgehead atoms. The van der Waals surface area contributed by atoms with Crippen LogP contribution >= 0.6 is 0 Å². The van der Waals surface area contributed by atoms with E-state index in [1.807, 2.05) is 0 Å². The number of carboxylic acid groups (broad SMARTS) is 1. The molecule has 5 heteroatoms. The Labute approximate surface area is 63.6 Å². The number of aliphatic carboxylic acids is 1. The summed E-state index contributed by atoms with van der Waals surface area (Å²) in [6.07, 6.45) is 4.71. The Morgan fingerprint density at radius 2 is 2.55 bits per heavy atom. The first-order valence-corrected chi connectivity index (χ1v) is 3.17. The highest BCUT2D eigenvalue weighted by Gasteiger charge is 2.08. The lowest BCUT2D eigenvalue weighted by Gasteiger charge is -2.09. The maximum absolute atomic E-state index is 10.3. The second kappa shape index (κ2) is 3.05. The summed E-state index contributed by atoms with van der Waals surface area (Å²) in [5.41, 5.74) is 2.68. The highest BCUT2D eigenvalue weighted by molar-refractivity contribution is 5.74. The Bertz CT molecular complexity index is 232. The number of nitrogens with zero attached hydrogens (tertiary/aromatic N) is 2. The van der Waals surface area contributed by atoms with Gasteiger partial charge >= 0.3 is 5.97 Å². The monoisotopic (exact) mass is 155 g/mol. The molecule has 0 aliphatic carbocycles. The Morgan fingerprint density at radius 3 is 3.00 bits per heavy atom. The van der Waals surface area contributed by atoms with Crippen molar-refractivity contribution in [1.29, 1.82) is 0 Å². The standard InChI is InChI=1S/C6H9N3O2/c1-5(6(10)11)8-9-3-2-7-4-9/h2-5,8H,1H3,(H,10,11). The van der Waals surface area contributed by atoms with Crippen molar-refractivity contribution >= 4 is 5.97 Å². The van der Waals surface area contributed by atoms with Gasteiger partial charge in [0, 0.05) is 12.4 Å². The van der Waals surface area contributed by atoms with Gasteiger partial charge in [-0.1, -0.05) is 0 Å². The van der Waals surface area contributed by atoms with Crippen LogP contribution in [0.4, 0.5) is 0 Å². The van der Waals surface area contributed by atoms with Gasteiger partial charge < -0.3 is 10.5 Å². The Kier molecular flexibility index (Phi) is 2.10. The number of hydrogen-bond donors (Lipinski definition) is 2. The first kappa shape index (κ1) is 7.59. The van der Waals surface area contributed by atoms with Crippen molar-refractivity contribution in [1.82, 2.24) is 9.66 Å². The van der Waals surface area contributed by atoms with E-state index >= 15 is 0 Å². The number of imidazole rings is 1. The highest BCUT2D eigenvalue weighted by atomic mass is 16.4. The second-order valence-corrected chi connectivity index (χ2v) is 2.16. The molecule has 1 rings (SSSR count). The number of rotatable bonds is 3. The van der Waals surface area contributed by atoms with Crippen LogP contribution in [-0.2, 0) is 4.79 Å².